The Morgan fingerprint density at radius 3 is 2.60 bits per heavy atom. The zero-order valence-corrected chi connectivity index (χ0v) is 24.4. The third kappa shape index (κ3) is 4.45. The lowest BCUT2D eigenvalue weighted by Gasteiger charge is -2.40. The van der Waals surface area contributed by atoms with Crippen LogP contribution in [-0.2, 0) is 28.6 Å². The van der Waals surface area contributed by atoms with Crippen molar-refractivity contribution in [1.29, 1.82) is 0 Å². The molecule has 3 aliphatic heterocycles. The Kier molecular flexibility index (Phi) is 7.58. The SMILES string of the molecule is CCCNC(=O)[C@]1(C)CC/C=C/[C@H](OC(=O)N2C3CN4C5=C(C(=O)C(N)=C(C)C5=O)[C@@H](COC(N)=O)[C@@]4(OC)C32)CC1. The minimum absolute atomic E-state index is 0.00343. The monoisotopic (exact) mass is 585 g/mol. The van der Waals surface area contributed by atoms with E-state index in [1.54, 1.807) is 4.90 Å². The third-order valence-corrected chi connectivity index (χ3v) is 9.43. The molecule has 228 valence electrons. The molecule has 0 spiro atoms. The highest BCUT2D eigenvalue weighted by Crippen LogP contribution is 2.60. The zero-order valence-electron chi connectivity index (χ0n) is 24.4. The maximum Gasteiger partial charge on any atom is 0.411 e. The number of primary amides is 1. The number of amides is 3. The Hall–Kier alpha value is -3.87. The fraction of sp³-hybridized carbons (Fsp3) is 0.621. The summed E-state index contributed by atoms with van der Waals surface area (Å²) in [5.41, 5.74) is 9.50. The molecule has 5 aliphatic rings. The van der Waals surface area contributed by atoms with Gasteiger partial charge in [0.1, 0.15) is 18.8 Å². The highest BCUT2D eigenvalue weighted by molar-refractivity contribution is 6.25. The van der Waals surface area contributed by atoms with E-state index in [1.165, 1.54) is 18.9 Å². The number of Topliss-reactive ketones (excluding diaryl/α,β-unsaturated/α-hetero) is 2. The molecule has 13 heteroatoms. The smallest absolute Gasteiger partial charge is 0.411 e. The molecule has 0 aromatic carbocycles. The number of allylic oxidation sites excluding steroid dienone is 3. The number of carbonyl (C=O) groups is 5. The molecule has 3 heterocycles. The van der Waals surface area contributed by atoms with E-state index in [-0.39, 0.29) is 47.6 Å². The van der Waals surface area contributed by atoms with Crippen LogP contribution in [0.25, 0.3) is 0 Å². The summed E-state index contributed by atoms with van der Waals surface area (Å²) in [4.78, 5) is 67.9. The number of methoxy groups -OCH3 is 1. The second kappa shape index (κ2) is 10.8. The predicted molar refractivity (Wildman–Crippen MR) is 148 cm³/mol. The molecule has 6 atom stereocenters. The first-order chi connectivity index (χ1) is 19.9. The van der Waals surface area contributed by atoms with Gasteiger partial charge >= 0.3 is 12.2 Å². The van der Waals surface area contributed by atoms with E-state index < -0.39 is 53.0 Å². The Bertz CT molecular complexity index is 1320. The van der Waals surface area contributed by atoms with Gasteiger partial charge in [-0.3, -0.25) is 19.3 Å². The van der Waals surface area contributed by atoms with Crippen molar-refractivity contribution in [2.45, 2.75) is 76.8 Å². The molecule has 5 N–H and O–H groups in total. The lowest BCUT2D eigenvalue weighted by Crippen LogP contribution is -2.56. The average Bonchev–Trinajstić information content (AvgIpc) is 3.47. The first-order valence-electron chi connectivity index (χ1n) is 14.4. The first-order valence-corrected chi connectivity index (χ1v) is 14.4. The van der Waals surface area contributed by atoms with E-state index in [2.05, 4.69) is 5.32 Å². The van der Waals surface area contributed by atoms with E-state index in [4.69, 9.17) is 25.7 Å². The Labute approximate surface area is 244 Å². The molecule has 3 amide bonds. The summed E-state index contributed by atoms with van der Waals surface area (Å²) < 4.78 is 17.1. The minimum atomic E-state index is -1.37. The van der Waals surface area contributed by atoms with Crippen molar-refractivity contribution in [2.75, 3.05) is 26.8 Å². The molecule has 13 nitrogen and oxygen atoms in total. The average molecular weight is 586 g/mol. The number of ketones is 2. The van der Waals surface area contributed by atoms with Gasteiger partial charge in [-0.1, -0.05) is 19.9 Å². The maximum atomic E-state index is 13.5. The summed E-state index contributed by atoms with van der Waals surface area (Å²) >= 11 is 0. The predicted octanol–water partition coefficient (Wildman–Crippen LogP) is 1.23. The number of nitrogens with one attached hydrogen (secondary N) is 1. The molecule has 0 aromatic rings. The molecule has 42 heavy (non-hydrogen) atoms. The van der Waals surface area contributed by atoms with Gasteiger partial charge in [-0.05, 0) is 45.1 Å². The van der Waals surface area contributed by atoms with Crippen LogP contribution in [0.4, 0.5) is 9.59 Å². The van der Waals surface area contributed by atoms with Gasteiger partial charge in [0, 0.05) is 36.8 Å². The van der Waals surface area contributed by atoms with Crippen molar-refractivity contribution in [1.82, 2.24) is 15.1 Å². The maximum absolute atomic E-state index is 13.5. The molecular formula is C29H39N5O8. The minimum Gasteiger partial charge on any atom is -0.449 e. The molecule has 0 radical (unpaired) electrons. The largest absolute Gasteiger partial charge is 0.449 e. The molecule has 2 unspecified atom stereocenters. The third-order valence-electron chi connectivity index (χ3n) is 9.43. The van der Waals surface area contributed by atoms with E-state index in [0.29, 0.717) is 32.2 Å². The number of nitrogens with two attached hydrogens (primary N) is 2. The first kappa shape index (κ1) is 29.6. The number of carbonyl (C=O) groups excluding carboxylic acids is 5. The van der Waals surface area contributed by atoms with Crippen LogP contribution in [0, 0.1) is 11.3 Å². The van der Waals surface area contributed by atoms with Crippen molar-refractivity contribution in [3.05, 3.63) is 34.7 Å². The standard InChI is InChI=1S/C29H39N5O8/c1-5-12-32-25(37)28(3)10-7-6-8-16(9-11-28)42-27(39)34-18-13-33-21-19(23(36)20(30)15(2)22(21)35)17(14-41-26(31)38)29(33,40-4)24(18)34/h6,8,16-18,24H,5,7,9-14,30H2,1-4H3,(H2,31,38)(H,32,37)/b8-6+/t16-,17+,18?,24?,28+,29+,34?/m0/s1. The number of ether oxygens (including phenoxy) is 3. The van der Waals surface area contributed by atoms with Crippen LogP contribution in [-0.4, -0.2) is 90.2 Å². The Morgan fingerprint density at radius 1 is 1.19 bits per heavy atom. The van der Waals surface area contributed by atoms with Gasteiger partial charge < -0.3 is 35.9 Å². The van der Waals surface area contributed by atoms with Crippen molar-refractivity contribution in [3.63, 3.8) is 0 Å². The van der Waals surface area contributed by atoms with Gasteiger partial charge in [-0.25, -0.2) is 9.59 Å². The van der Waals surface area contributed by atoms with E-state index in [9.17, 15) is 24.0 Å². The van der Waals surface area contributed by atoms with Crippen molar-refractivity contribution >= 4 is 29.7 Å². The van der Waals surface area contributed by atoms with Crippen LogP contribution < -0.4 is 16.8 Å². The van der Waals surface area contributed by atoms with E-state index in [1.807, 2.05) is 26.0 Å². The van der Waals surface area contributed by atoms with Gasteiger partial charge in [0.2, 0.25) is 17.5 Å². The Morgan fingerprint density at radius 2 is 1.93 bits per heavy atom. The van der Waals surface area contributed by atoms with Crippen LogP contribution in [0.5, 0.6) is 0 Å². The molecule has 5 rings (SSSR count). The van der Waals surface area contributed by atoms with Crippen molar-refractivity contribution < 1.29 is 38.2 Å². The topological polar surface area (TPSA) is 183 Å². The van der Waals surface area contributed by atoms with E-state index >= 15 is 0 Å². The molecule has 2 saturated heterocycles. The molecule has 0 aromatic heterocycles. The van der Waals surface area contributed by atoms with Gasteiger partial charge in [0.05, 0.1) is 23.4 Å². The van der Waals surface area contributed by atoms with Crippen LogP contribution in [0.15, 0.2) is 34.7 Å². The second-order valence-electron chi connectivity index (χ2n) is 11.9. The number of nitrogens with zero attached hydrogens (tertiary/aromatic N) is 2. The normalized spacial score (nSPS) is 34.3. The zero-order chi connectivity index (χ0) is 30.6. The van der Waals surface area contributed by atoms with Crippen LogP contribution >= 0.6 is 0 Å². The Balaban J connectivity index is 1.35. The fourth-order valence-electron chi connectivity index (χ4n) is 7.03. The molecule has 0 bridgehead atoms. The number of fused-ring (bicyclic) bond motifs is 4. The number of hydrogen-bond donors (Lipinski definition) is 3. The molecule has 2 fully saturated rings. The summed E-state index contributed by atoms with van der Waals surface area (Å²) in [6.07, 6.45) is 4.88. The highest BCUT2D eigenvalue weighted by Gasteiger charge is 2.78. The fourth-order valence-corrected chi connectivity index (χ4v) is 7.03. The van der Waals surface area contributed by atoms with Crippen LogP contribution in [0.1, 0.15) is 52.9 Å². The summed E-state index contributed by atoms with van der Waals surface area (Å²) in [7, 11) is 1.42. The summed E-state index contributed by atoms with van der Waals surface area (Å²) in [5, 5.41) is 2.99. The molecule has 0 saturated carbocycles. The summed E-state index contributed by atoms with van der Waals surface area (Å²) in [6, 6.07) is -0.955. The molecule has 2 aliphatic carbocycles. The van der Waals surface area contributed by atoms with Gasteiger partial charge in [-0.15, -0.1) is 0 Å². The number of piperazine rings is 1. The van der Waals surface area contributed by atoms with Crippen molar-refractivity contribution in [2.24, 2.45) is 22.8 Å². The number of hydrogen-bond acceptors (Lipinski definition) is 10. The molecular weight excluding hydrogens is 546 g/mol. The second-order valence-corrected chi connectivity index (χ2v) is 11.9. The lowest BCUT2D eigenvalue weighted by atomic mass is 9.78. The highest BCUT2D eigenvalue weighted by atomic mass is 16.6. The van der Waals surface area contributed by atoms with E-state index in [0.717, 1.165) is 6.42 Å². The summed E-state index contributed by atoms with van der Waals surface area (Å²) in [6.45, 7) is 5.91. The quantitative estimate of drug-likeness (QED) is 0.223. The van der Waals surface area contributed by atoms with Crippen LogP contribution in [0.3, 0.4) is 0 Å². The van der Waals surface area contributed by atoms with Gasteiger partial charge in [-0.2, -0.15) is 0 Å². The van der Waals surface area contributed by atoms with Crippen LogP contribution in [0.2, 0.25) is 0 Å². The van der Waals surface area contributed by atoms with Gasteiger partial charge in [0.25, 0.3) is 0 Å². The number of rotatable bonds is 7. The summed E-state index contributed by atoms with van der Waals surface area (Å²) in [5.74, 6) is -1.87. The lowest BCUT2D eigenvalue weighted by molar-refractivity contribution is -0.144. The van der Waals surface area contributed by atoms with Crippen molar-refractivity contribution in [3.8, 4) is 0 Å². The van der Waals surface area contributed by atoms with Gasteiger partial charge in [0.15, 0.2) is 5.72 Å².